The predicted molar refractivity (Wildman–Crippen MR) is 92.1 cm³/mol. The van der Waals surface area contributed by atoms with E-state index in [4.69, 9.17) is 21.3 Å². The van der Waals surface area contributed by atoms with Gasteiger partial charge in [0.15, 0.2) is 6.04 Å². The molecule has 0 aromatic heterocycles. The minimum absolute atomic E-state index is 0.0427. The molecule has 5 heteroatoms. The Morgan fingerprint density at radius 3 is 2.75 bits per heavy atom. The molecule has 4 nitrogen and oxygen atoms in total. The Kier molecular flexibility index (Phi) is 3.39. The van der Waals surface area contributed by atoms with Crippen LogP contribution >= 0.6 is 11.6 Å². The van der Waals surface area contributed by atoms with E-state index in [9.17, 15) is 9.90 Å². The van der Waals surface area contributed by atoms with Crippen LogP contribution in [-0.4, -0.2) is 28.9 Å². The van der Waals surface area contributed by atoms with Crippen molar-refractivity contribution in [1.82, 2.24) is 0 Å². The number of benzene rings is 1. The fourth-order valence-corrected chi connectivity index (χ4v) is 5.11. The van der Waals surface area contributed by atoms with E-state index in [2.05, 4.69) is 20.8 Å². The first kappa shape index (κ1) is 16.1. The predicted octanol–water partition coefficient (Wildman–Crippen LogP) is 3.56. The lowest BCUT2D eigenvalue weighted by Crippen LogP contribution is -2.46. The van der Waals surface area contributed by atoms with Crippen LogP contribution in [0.5, 0.6) is 0 Å². The summed E-state index contributed by atoms with van der Waals surface area (Å²) in [5, 5.41) is 11.1. The van der Waals surface area contributed by atoms with E-state index in [0.717, 1.165) is 18.6 Å². The van der Waals surface area contributed by atoms with Gasteiger partial charge < -0.3 is 9.84 Å². The van der Waals surface area contributed by atoms with Crippen molar-refractivity contribution in [1.29, 1.82) is 0 Å². The molecule has 2 aliphatic carbocycles. The highest BCUT2D eigenvalue weighted by Crippen LogP contribution is 2.65. The topological polar surface area (TPSA) is 58.9 Å². The summed E-state index contributed by atoms with van der Waals surface area (Å²) in [7, 11) is 0. The lowest BCUT2D eigenvalue weighted by Gasteiger charge is -2.36. The van der Waals surface area contributed by atoms with Gasteiger partial charge in [-0.2, -0.15) is 0 Å². The van der Waals surface area contributed by atoms with Crippen LogP contribution < -0.4 is 0 Å². The van der Waals surface area contributed by atoms with E-state index in [0.29, 0.717) is 16.5 Å². The summed E-state index contributed by atoms with van der Waals surface area (Å²) in [5.74, 6) is -0.147. The number of hydrogen-bond acceptors (Lipinski definition) is 4. The molecule has 5 atom stereocenters. The molecule has 0 radical (unpaired) electrons. The summed E-state index contributed by atoms with van der Waals surface area (Å²) in [6.45, 7) is 6.68. The summed E-state index contributed by atoms with van der Waals surface area (Å²) in [5.41, 5.74) is 1.42. The molecule has 0 saturated heterocycles. The second kappa shape index (κ2) is 5.06. The Bertz CT molecular complexity index is 744. The summed E-state index contributed by atoms with van der Waals surface area (Å²) in [4.78, 5) is 17.2. The van der Waals surface area contributed by atoms with Crippen molar-refractivity contribution in [3.8, 4) is 0 Å². The van der Waals surface area contributed by atoms with Crippen molar-refractivity contribution < 1.29 is 14.6 Å². The Hall–Kier alpha value is -1.39. The molecule has 3 aliphatic rings. The minimum Gasteiger partial charge on any atom is -0.454 e. The quantitative estimate of drug-likeness (QED) is 0.832. The lowest BCUT2D eigenvalue weighted by molar-refractivity contribution is -0.154. The van der Waals surface area contributed by atoms with E-state index < -0.39 is 18.1 Å². The molecule has 1 aromatic carbocycles. The van der Waals surface area contributed by atoms with Crippen LogP contribution in [0.4, 0.5) is 0 Å². The summed E-state index contributed by atoms with van der Waals surface area (Å²) >= 11 is 6.17. The normalized spacial score (nSPS) is 37.6. The zero-order chi connectivity index (χ0) is 17.3. The Morgan fingerprint density at radius 1 is 1.33 bits per heavy atom. The number of nitrogens with zero attached hydrogens (tertiary/aromatic N) is 1. The smallest absolute Gasteiger partial charge is 0.334 e. The summed E-state index contributed by atoms with van der Waals surface area (Å²) in [6.07, 6.45) is 0.774. The zero-order valence-corrected chi connectivity index (χ0v) is 14.9. The van der Waals surface area contributed by atoms with Crippen molar-refractivity contribution >= 4 is 23.3 Å². The van der Waals surface area contributed by atoms with Gasteiger partial charge in [0, 0.05) is 21.9 Å². The highest BCUT2D eigenvalue weighted by atomic mass is 35.5. The first-order valence-electron chi connectivity index (χ1n) is 8.48. The molecule has 0 spiro atoms. The number of aliphatic hydroxyl groups excluding tert-OH is 1. The molecule has 1 N–H and O–H groups in total. The summed E-state index contributed by atoms with van der Waals surface area (Å²) < 4.78 is 5.77. The number of carbonyl (C=O) groups excluding carboxylic acids is 1. The van der Waals surface area contributed by atoms with Crippen molar-refractivity contribution in [3.63, 3.8) is 0 Å². The van der Waals surface area contributed by atoms with Crippen LogP contribution in [0.2, 0.25) is 5.02 Å². The molecule has 128 valence electrons. The number of carbonyl (C=O) groups is 1. The number of rotatable bonds is 2. The Morgan fingerprint density at radius 2 is 2.04 bits per heavy atom. The number of ether oxygens (including phenoxy) is 1. The second-order valence-corrected chi connectivity index (χ2v) is 8.39. The zero-order valence-electron chi connectivity index (χ0n) is 14.1. The van der Waals surface area contributed by atoms with Crippen LogP contribution in [-0.2, 0) is 9.53 Å². The molecule has 0 unspecified atom stereocenters. The Balaban J connectivity index is 1.75. The molecule has 1 aromatic rings. The SMILES string of the molecule is CC1(C)[C@@H]2CC[C@@]1(C)C1=N[C@@H]([C@H](O)c3ccccc3Cl)C(=O)O[C@@H]12. The monoisotopic (exact) mass is 347 g/mol. The molecule has 0 amide bonds. The highest BCUT2D eigenvalue weighted by Gasteiger charge is 2.67. The van der Waals surface area contributed by atoms with Gasteiger partial charge in [0.1, 0.15) is 12.2 Å². The molecule has 2 bridgehead atoms. The summed E-state index contributed by atoms with van der Waals surface area (Å²) in [6, 6.07) is 6.06. The fourth-order valence-electron chi connectivity index (χ4n) is 4.86. The van der Waals surface area contributed by atoms with Gasteiger partial charge in [-0.3, -0.25) is 4.99 Å². The number of fused-ring (bicyclic) bond motifs is 5. The highest BCUT2D eigenvalue weighted by molar-refractivity contribution is 6.31. The third kappa shape index (κ3) is 1.90. The number of hydrogen-bond donors (Lipinski definition) is 1. The first-order valence-corrected chi connectivity index (χ1v) is 8.86. The molecule has 24 heavy (non-hydrogen) atoms. The molecular weight excluding hydrogens is 326 g/mol. The number of aliphatic imine (C=N–C) groups is 1. The molecular formula is C19H22ClNO3. The molecule has 1 aliphatic heterocycles. The van der Waals surface area contributed by atoms with Gasteiger partial charge in [0.25, 0.3) is 0 Å². The molecule has 1 heterocycles. The maximum absolute atomic E-state index is 12.5. The van der Waals surface area contributed by atoms with E-state index in [1.54, 1.807) is 24.3 Å². The van der Waals surface area contributed by atoms with Crippen LogP contribution in [0.1, 0.15) is 45.3 Å². The van der Waals surface area contributed by atoms with Crippen LogP contribution in [0.25, 0.3) is 0 Å². The maximum Gasteiger partial charge on any atom is 0.334 e. The van der Waals surface area contributed by atoms with Gasteiger partial charge in [-0.25, -0.2) is 4.79 Å². The molecule has 2 fully saturated rings. The van der Waals surface area contributed by atoms with Gasteiger partial charge in [-0.15, -0.1) is 0 Å². The third-order valence-corrected chi connectivity index (χ3v) is 7.13. The van der Waals surface area contributed by atoms with Gasteiger partial charge >= 0.3 is 5.97 Å². The van der Waals surface area contributed by atoms with E-state index >= 15 is 0 Å². The second-order valence-electron chi connectivity index (χ2n) is 7.98. The van der Waals surface area contributed by atoms with Crippen molar-refractivity contribution in [3.05, 3.63) is 34.9 Å². The number of aliphatic hydroxyl groups is 1. The largest absolute Gasteiger partial charge is 0.454 e. The van der Waals surface area contributed by atoms with Gasteiger partial charge in [0.2, 0.25) is 0 Å². The van der Waals surface area contributed by atoms with Crippen molar-refractivity contribution in [2.24, 2.45) is 21.7 Å². The molecule has 2 saturated carbocycles. The molecule has 4 rings (SSSR count). The van der Waals surface area contributed by atoms with E-state index in [1.165, 1.54) is 0 Å². The average Bonchev–Trinajstić information content (AvgIpc) is 2.85. The van der Waals surface area contributed by atoms with E-state index in [-0.39, 0.29) is 16.9 Å². The average molecular weight is 348 g/mol. The maximum atomic E-state index is 12.5. The lowest BCUT2D eigenvalue weighted by atomic mass is 9.70. The van der Waals surface area contributed by atoms with Gasteiger partial charge in [0.05, 0.1) is 5.71 Å². The third-order valence-electron chi connectivity index (χ3n) is 6.79. The van der Waals surface area contributed by atoms with Crippen LogP contribution in [0, 0.1) is 16.7 Å². The van der Waals surface area contributed by atoms with Crippen LogP contribution in [0.3, 0.4) is 0 Å². The Labute approximate surface area is 146 Å². The van der Waals surface area contributed by atoms with E-state index in [1.807, 2.05) is 0 Å². The standard InChI is InChI=1S/C19H22ClNO3/c1-18(2)11-8-9-19(18,3)16-15(11)24-17(23)13(21-16)14(22)10-6-4-5-7-12(10)20/h4-7,11,13-15,22H,8-9H2,1-3H3/t11-,13+,14-,15-,19+/m1/s1. The van der Waals surface area contributed by atoms with Crippen molar-refractivity contribution in [2.45, 2.75) is 51.9 Å². The van der Waals surface area contributed by atoms with Gasteiger partial charge in [-0.1, -0.05) is 50.6 Å². The van der Waals surface area contributed by atoms with Crippen molar-refractivity contribution in [2.75, 3.05) is 0 Å². The number of esters is 1. The van der Waals surface area contributed by atoms with Crippen LogP contribution in [0.15, 0.2) is 29.3 Å². The number of halogens is 1. The fraction of sp³-hybridized carbons (Fsp3) is 0.579. The minimum atomic E-state index is -1.09. The first-order chi connectivity index (χ1) is 11.3. The van der Waals surface area contributed by atoms with Gasteiger partial charge in [-0.05, 0) is 24.3 Å².